The van der Waals surface area contributed by atoms with Crippen molar-refractivity contribution in [3.05, 3.63) is 52.1 Å². The van der Waals surface area contributed by atoms with Gasteiger partial charge in [-0.25, -0.2) is 9.97 Å². The molecule has 5 nitrogen and oxygen atoms in total. The Balaban J connectivity index is 1.71. The predicted octanol–water partition coefficient (Wildman–Crippen LogP) is 4.69. The summed E-state index contributed by atoms with van der Waals surface area (Å²) in [5.74, 6) is 2.48. The molecule has 4 aromatic rings. The molecule has 1 aliphatic heterocycles. The Morgan fingerprint density at radius 2 is 2.10 bits per heavy atom. The normalized spacial score (nSPS) is 16.0. The average Bonchev–Trinajstić information content (AvgIpc) is 3.04. The highest BCUT2D eigenvalue weighted by molar-refractivity contribution is 7.21. The van der Waals surface area contributed by atoms with Crippen LogP contribution in [0.5, 0.6) is 0 Å². The summed E-state index contributed by atoms with van der Waals surface area (Å²) in [6.45, 7) is 2.66. The number of terminal acetylenes is 1. The van der Waals surface area contributed by atoms with E-state index < -0.39 is 0 Å². The van der Waals surface area contributed by atoms with Gasteiger partial charge in [-0.1, -0.05) is 17.5 Å². The molecule has 0 saturated heterocycles. The van der Waals surface area contributed by atoms with Gasteiger partial charge in [-0.2, -0.15) is 0 Å². The number of aromatic nitrogens is 2. The van der Waals surface area contributed by atoms with Gasteiger partial charge in [-0.3, -0.25) is 4.79 Å². The Labute approximate surface area is 176 Å². The van der Waals surface area contributed by atoms with E-state index in [1.165, 1.54) is 11.3 Å². The Morgan fingerprint density at radius 3 is 2.93 bits per heavy atom. The van der Waals surface area contributed by atoms with Crippen LogP contribution in [0.1, 0.15) is 22.3 Å². The molecule has 1 aliphatic rings. The van der Waals surface area contributed by atoms with E-state index in [0.717, 1.165) is 37.9 Å². The van der Waals surface area contributed by atoms with Crippen molar-refractivity contribution in [1.82, 2.24) is 15.3 Å². The summed E-state index contributed by atoms with van der Waals surface area (Å²) >= 11 is 7.60. The Bertz CT molecular complexity index is 1350. The molecule has 3 aromatic heterocycles. The molecule has 142 valence electrons. The molecule has 7 heteroatoms. The van der Waals surface area contributed by atoms with Gasteiger partial charge >= 0.3 is 0 Å². The highest BCUT2D eigenvalue weighted by Gasteiger charge is 2.24. The Morgan fingerprint density at radius 1 is 1.24 bits per heavy atom. The molecule has 4 heterocycles. The first-order chi connectivity index (χ1) is 14.0. The number of thiophene rings is 1. The van der Waals surface area contributed by atoms with Crippen molar-refractivity contribution in [2.24, 2.45) is 0 Å². The van der Waals surface area contributed by atoms with Gasteiger partial charge in [-0.05, 0) is 43.3 Å². The number of carbonyl (C=O) groups excluding carboxylic acids is 1. The molecule has 5 rings (SSSR count). The van der Waals surface area contributed by atoms with Crippen molar-refractivity contribution in [2.75, 3.05) is 11.9 Å². The van der Waals surface area contributed by atoms with Crippen molar-refractivity contribution in [3.63, 3.8) is 0 Å². The average molecular weight is 419 g/mol. The first kappa shape index (κ1) is 17.9. The second kappa shape index (κ2) is 6.73. The number of benzene rings is 1. The van der Waals surface area contributed by atoms with E-state index in [0.29, 0.717) is 22.3 Å². The number of nitrogens with one attached hydrogen (secondary N) is 2. The maximum Gasteiger partial charge on any atom is 0.263 e. The summed E-state index contributed by atoms with van der Waals surface area (Å²) < 4.78 is 1.05. The van der Waals surface area contributed by atoms with E-state index in [-0.39, 0.29) is 11.9 Å². The quantitative estimate of drug-likeness (QED) is 0.347. The molecular weight excluding hydrogens is 404 g/mol. The van der Waals surface area contributed by atoms with Crippen molar-refractivity contribution in [2.45, 2.75) is 13.0 Å². The fourth-order valence-electron chi connectivity index (χ4n) is 3.61. The molecular formula is C22H15ClN4OS. The summed E-state index contributed by atoms with van der Waals surface area (Å²) in [7, 11) is 0. The molecule has 0 fully saturated rings. The zero-order valence-corrected chi connectivity index (χ0v) is 17.0. The van der Waals surface area contributed by atoms with Gasteiger partial charge in [0.05, 0.1) is 16.9 Å². The highest BCUT2D eigenvalue weighted by atomic mass is 35.5. The second-order valence-electron chi connectivity index (χ2n) is 6.97. The number of amides is 1. The van der Waals surface area contributed by atoms with Crippen LogP contribution in [0.25, 0.3) is 32.2 Å². The third kappa shape index (κ3) is 3.00. The van der Waals surface area contributed by atoms with Gasteiger partial charge in [0.2, 0.25) is 0 Å². The van der Waals surface area contributed by atoms with Gasteiger partial charge in [-0.15, -0.1) is 17.8 Å². The first-order valence-corrected chi connectivity index (χ1v) is 10.3. The SMILES string of the molecule is C#Cc1cc(-c2ccc3c(ccc4sc5c(c43)NC[C@@H](C)NC5=O)n2)cc(Cl)n1. The van der Waals surface area contributed by atoms with Gasteiger partial charge in [0.15, 0.2) is 0 Å². The lowest BCUT2D eigenvalue weighted by Crippen LogP contribution is -2.34. The standard InChI is InChI=1S/C22H15ClN4OS/c1-3-13-8-12(9-18(23)26-13)15-5-4-14-16(27-15)6-7-17-19(14)20-21(29-17)22(28)25-11(2)10-24-20/h1,4-9,11,24H,10H2,2H3,(H,25,28)/t11-/m1/s1. The van der Waals surface area contributed by atoms with Crippen LogP contribution in [0, 0.1) is 12.3 Å². The van der Waals surface area contributed by atoms with Gasteiger partial charge < -0.3 is 10.6 Å². The lowest BCUT2D eigenvalue weighted by atomic mass is 10.1. The number of hydrogen-bond donors (Lipinski definition) is 2. The molecule has 0 unspecified atom stereocenters. The lowest BCUT2D eigenvalue weighted by Gasteiger charge is -2.10. The number of anilines is 1. The molecule has 0 spiro atoms. The van der Waals surface area contributed by atoms with Gasteiger partial charge in [0, 0.05) is 33.6 Å². The highest BCUT2D eigenvalue weighted by Crippen LogP contribution is 2.41. The van der Waals surface area contributed by atoms with Crippen molar-refractivity contribution >= 4 is 55.5 Å². The Kier molecular flexibility index (Phi) is 4.16. The van der Waals surface area contributed by atoms with Crippen molar-refractivity contribution < 1.29 is 4.79 Å². The maximum atomic E-state index is 12.6. The number of pyridine rings is 2. The maximum absolute atomic E-state index is 12.6. The minimum Gasteiger partial charge on any atom is -0.381 e. The van der Waals surface area contributed by atoms with E-state index >= 15 is 0 Å². The first-order valence-electron chi connectivity index (χ1n) is 9.09. The Hall–Kier alpha value is -3.14. The number of halogens is 1. The third-order valence-corrected chi connectivity index (χ3v) is 6.28. The van der Waals surface area contributed by atoms with Crippen LogP contribution in [-0.2, 0) is 0 Å². The van der Waals surface area contributed by atoms with E-state index in [2.05, 4.69) is 21.5 Å². The topological polar surface area (TPSA) is 66.9 Å². The fraction of sp³-hybridized carbons (Fsp3) is 0.136. The minimum atomic E-state index is -0.0373. The van der Waals surface area contributed by atoms with Crippen LogP contribution in [0.2, 0.25) is 5.15 Å². The predicted molar refractivity (Wildman–Crippen MR) is 119 cm³/mol. The minimum absolute atomic E-state index is 0.0373. The fourth-order valence-corrected chi connectivity index (χ4v) is 4.91. The summed E-state index contributed by atoms with van der Waals surface area (Å²) in [5, 5.41) is 8.81. The summed E-state index contributed by atoms with van der Waals surface area (Å²) in [6.07, 6.45) is 5.48. The summed E-state index contributed by atoms with van der Waals surface area (Å²) in [6, 6.07) is 11.6. The van der Waals surface area contributed by atoms with Gasteiger partial charge in [0.1, 0.15) is 15.7 Å². The van der Waals surface area contributed by atoms with E-state index in [1.807, 2.05) is 31.2 Å². The van der Waals surface area contributed by atoms with Crippen molar-refractivity contribution in [3.8, 4) is 23.6 Å². The van der Waals surface area contributed by atoms with Crippen LogP contribution in [-0.4, -0.2) is 28.5 Å². The molecule has 1 aromatic carbocycles. The third-order valence-electron chi connectivity index (χ3n) is 4.93. The molecule has 1 atom stereocenters. The zero-order chi connectivity index (χ0) is 20.1. The lowest BCUT2D eigenvalue weighted by molar-refractivity contribution is 0.0949. The van der Waals surface area contributed by atoms with E-state index in [9.17, 15) is 4.79 Å². The zero-order valence-electron chi connectivity index (χ0n) is 15.4. The van der Waals surface area contributed by atoms with E-state index in [4.69, 9.17) is 23.0 Å². The molecule has 0 saturated carbocycles. The molecule has 29 heavy (non-hydrogen) atoms. The second-order valence-corrected chi connectivity index (χ2v) is 8.41. The monoisotopic (exact) mass is 418 g/mol. The molecule has 0 radical (unpaired) electrons. The van der Waals surface area contributed by atoms with Crippen LogP contribution in [0.3, 0.4) is 0 Å². The van der Waals surface area contributed by atoms with Gasteiger partial charge in [0.25, 0.3) is 5.91 Å². The summed E-state index contributed by atoms with van der Waals surface area (Å²) in [5.41, 5.74) is 3.77. The van der Waals surface area contributed by atoms with E-state index in [1.54, 1.807) is 12.1 Å². The number of nitrogens with zero attached hydrogens (tertiary/aromatic N) is 2. The molecule has 0 bridgehead atoms. The molecule has 2 N–H and O–H groups in total. The molecule has 0 aliphatic carbocycles. The van der Waals surface area contributed by atoms with Crippen LogP contribution in [0.4, 0.5) is 5.69 Å². The van der Waals surface area contributed by atoms with Crippen molar-refractivity contribution in [1.29, 1.82) is 0 Å². The van der Waals surface area contributed by atoms with Crippen LogP contribution < -0.4 is 10.6 Å². The largest absolute Gasteiger partial charge is 0.381 e. The number of fused-ring (bicyclic) bond motifs is 5. The smallest absolute Gasteiger partial charge is 0.263 e. The number of hydrogen-bond acceptors (Lipinski definition) is 5. The molecule has 1 amide bonds. The number of rotatable bonds is 1. The van der Waals surface area contributed by atoms with Crippen LogP contribution in [0.15, 0.2) is 36.4 Å². The number of carbonyl (C=O) groups is 1. The van der Waals surface area contributed by atoms with Crippen LogP contribution >= 0.6 is 22.9 Å². The summed E-state index contributed by atoms with van der Waals surface area (Å²) in [4.78, 5) is 22.2.